The second kappa shape index (κ2) is 6.29. The van der Waals surface area contributed by atoms with E-state index >= 15 is 0 Å². The Kier molecular flexibility index (Phi) is 4.93. The summed E-state index contributed by atoms with van der Waals surface area (Å²) < 4.78 is 65.3. The van der Waals surface area contributed by atoms with Crippen LogP contribution >= 0.6 is 11.6 Å². The van der Waals surface area contributed by atoms with Gasteiger partial charge in [-0.15, -0.1) is 0 Å². The van der Waals surface area contributed by atoms with Gasteiger partial charge in [0.25, 0.3) is 0 Å². The van der Waals surface area contributed by atoms with E-state index < -0.39 is 43.7 Å². The Morgan fingerprint density at radius 3 is 2.52 bits per heavy atom. The molecule has 0 spiro atoms. The molecule has 1 unspecified atom stereocenters. The highest BCUT2D eigenvalue weighted by atomic mass is 35.5. The minimum Gasteiger partial charge on any atom is -0.480 e. The van der Waals surface area contributed by atoms with Gasteiger partial charge < -0.3 is 5.11 Å². The average molecular weight is 372 g/mol. The SMILES string of the molecule is O=C(O)C1CCCCN1S(=O)(=O)c1c(Cl)cccc1C(F)(F)F. The molecule has 5 nitrogen and oxygen atoms in total. The van der Waals surface area contributed by atoms with Crippen LogP contribution in [0.4, 0.5) is 13.2 Å². The van der Waals surface area contributed by atoms with E-state index in [2.05, 4.69) is 0 Å². The molecule has 23 heavy (non-hydrogen) atoms. The number of hydrogen-bond acceptors (Lipinski definition) is 3. The van der Waals surface area contributed by atoms with Crippen LogP contribution in [0.5, 0.6) is 0 Å². The predicted molar refractivity (Wildman–Crippen MR) is 75.6 cm³/mol. The molecule has 1 heterocycles. The summed E-state index contributed by atoms with van der Waals surface area (Å²) in [6.45, 7) is -0.165. The maximum absolute atomic E-state index is 13.1. The standard InChI is InChI=1S/C13H13ClF3NO4S/c14-9-5-3-4-8(13(15,16)17)11(9)23(21,22)18-7-2-1-6-10(18)12(19)20/h3-5,10H,1-2,6-7H2,(H,19,20). The Bertz CT molecular complexity index is 720. The van der Waals surface area contributed by atoms with E-state index in [1.165, 1.54) is 0 Å². The number of piperidine rings is 1. The molecule has 0 bridgehead atoms. The van der Waals surface area contributed by atoms with E-state index in [0.29, 0.717) is 23.2 Å². The summed E-state index contributed by atoms with van der Waals surface area (Å²) in [6.07, 6.45) is -4.03. The molecular weight excluding hydrogens is 359 g/mol. The Balaban J connectivity index is 2.62. The highest BCUT2D eigenvalue weighted by molar-refractivity contribution is 7.89. The molecule has 1 aromatic carbocycles. The molecule has 1 saturated heterocycles. The molecule has 0 radical (unpaired) electrons. The first kappa shape index (κ1) is 18.0. The maximum Gasteiger partial charge on any atom is 0.417 e. The van der Waals surface area contributed by atoms with Crippen molar-refractivity contribution in [3.05, 3.63) is 28.8 Å². The zero-order valence-corrected chi connectivity index (χ0v) is 13.2. The predicted octanol–water partition coefficient (Wildman–Crippen LogP) is 2.99. The van der Waals surface area contributed by atoms with E-state index in [4.69, 9.17) is 16.7 Å². The van der Waals surface area contributed by atoms with E-state index in [9.17, 15) is 26.4 Å². The highest BCUT2D eigenvalue weighted by Gasteiger charge is 2.44. The third-order valence-corrected chi connectivity index (χ3v) is 6.02. The fourth-order valence-electron chi connectivity index (χ4n) is 2.55. The fourth-order valence-corrected chi connectivity index (χ4v) is 4.93. The van der Waals surface area contributed by atoms with E-state index in [1.54, 1.807) is 0 Å². The van der Waals surface area contributed by atoms with Gasteiger partial charge in [0.05, 0.1) is 10.6 Å². The molecule has 1 atom stereocenters. The summed E-state index contributed by atoms with van der Waals surface area (Å²) >= 11 is 5.71. The van der Waals surface area contributed by atoms with Crippen molar-refractivity contribution in [2.75, 3.05) is 6.54 Å². The summed E-state index contributed by atoms with van der Waals surface area (Å²) in [7, 11) is -4.70. The minimum atomic E-state index is -4.93. The van der Waals surface area contributed by atoms with Gasteiger partial charge >= 0.3 is 12.1 Å². The molecule has 128 valence electrons. The largest absolute Gasteiger partial charge is 0.480 e. The number of nitrogens with zero attached hydrogens (tertiary/aromatic N) is 1. The zero-order valence-electron chi connectivity index (χ0n) is 11.7. The lowest BCUT2D eigenvalue weighted by Crippen LogP contribution is -2.48. The summed E-state index contributed by atoms with van der Waals surface area (Å²) in [6, 6.07) is 1.24. The van der Waals surface area contributed by atoms with E-state index in [0.717, 1.165) is 12.1 Å². The molecule has 1 aliphatic rings. The molecule has 1 fully saturated rings. The lowest BCUT2D eigenvalue weighted by molar-refractivity contribution is -0.142. The Labute approximate surface area is 135 Å². The summed E-state index contributed by atoms with van der Waals surface area (Å²) in [5, 5.41) is 8.57. The summed E-state index contributed by atoms with van der Waals surface area (Å²) in [4.78, 5) is 10.2. The number of alkyl halides is 3. The van der Waals surface area contributed by atoms with Crippen LogP contribution in [0.1, 0.15) is 24.8 Å². The third kappa shape index (κ3) is 3.46. The van der Waals surface area contributed by atoms with Crippen molar-refractivity contribution in [3.8, 4) is 0 Å². The van der Waals surface area contributed by atoms with Crippen LogP contribution in [0.25, 0.3) is 0 Å². The monoisotopic (exact) mass is 371 g/mol. The number of rotatable bonds is 3. The van der Waals surface area contributed by atoms with Crippen molar-refractivity contribution in [3.63, 3.8) is 0 Å². The number of aliphatic carboxylic acids is 1. The summed E-state index contributed by atoms with van der Waals surface area (Å²) in [5.41, 5.74) is -1.40. The molecule has 0 saturated carbocycles. The number of benzene rings is 1. The lowest BCUT2D eigenvalue weighted by atomic mass is 10.1. The Morgan fingerprint density at radius 2 is 1.96 bits per heavy atom. The lowest BCUT2D eigenvalue weighted by Gasteiger charge is -2.32. The normalized spacial score (nSPS) is 20.4. The molecule has 1 aliphatic heterocycles. The van der Waals surface area contributed by atoms with Crippen LogP contribution in [0.3, 0.4) is 0 Å². The number of carboxylic acids is 1. The minimum absolute atomic E-state index is 0.0420. The number of hydrogen-bond donors (Lipinski definition) is 1. The van der Waals surface area contributed by atoms with Crippen LogP contribution in [-0.2, 0) is 21.0 Å². The Hall–Kier alpha value is -1.32. The van der Waals surface area contributed by atoms with Crippen molar-refractivity contribution in [2.45, 2.75) is 36.4 Å². The van der Waals surface area contributed by atoms with Gasteiger partial charge in [0.2, 0.25) is 10.0 Å². The van der Waals surface area contributed by atoms with Crippen molar-refractivity contribution in [2.24, 2.45) is 0 Å². The van der Waals surface area contributed by atoms with Crippen molar-refractivity contribution >= 4 is 27.6 Å². The maximum atomic E-state index is 13.1. The third-order valence-electron chi connectivity index (χ3n) is 3.58. The average Bonchev–Trinajstić information content (AvgIpc) is 2.45. The molecule has 0 aliphatic carbocycles. The highest BCUT2D eigenvalue weighted by Crippen LogP contribution is 2.40. The number of sulfonamides is 1. The van der Waals surface area contributed by atoms with Gasteiger partial charge in [-0.3, -0.25) is 4.79 Å². The molecule has 1 aromatic rings. The zero-order chi connectivity index (χ0) is 17.4. The van der Waals surface area contributed by atoms with Crippen LogP contribution in [0.15, 0.2) is 23.1 Å². The molecule has 1 N–H and O–H groups in total. The fraction of sp³-hybridized carbons (Fsp3) is 0.462. The number of carboxylic acid groups (broad SMARTS) is 1. The van der Waals surface area contributed by atoms with Crippen molar-refractivity contribution < 1.29 is 31.5 Å². The van der Waals surface area contributed by atoms with Crippen LogP contribution in [0.2, 0.25) is 5.02 Å². The van der Waals surface area contributed by atoms with Crippen molar-refractivity contribution in [1.29, 1.82) is 0 Å². The molecule has 10 heteroatoms. The Morgan fingerprint density at radius 1 is 1.30 bits per heavy atom. The van der Waals surface area contributed by atoms with Gasteiger partial charge in [0, 0.05) is 6.54 Å². The first-order valence-corrected chi connectivity index (χ1v) is 8.49. The topological polar surface area (TPSA) is 74.7 Å². The van der Waals surface area contributed by atoms with Crippen LogP contribution < -0.4 is 0 Å². The van der Waals surface area contributed by atoms with Crippen LogP contribution in [0, 0.1) is 0 Å². The second-order valence-corrected chi connectivity index (χ2v) is 7.31. The molecule has 2 rings (SSSR count). The van der Waals surface area contributed by atoms with Gasteiger partial charge in [-0.05, 0) is 31.4 Å². The number of halogens is 4. The number of carbonyl (C=O) groups is 1. The van der Waals surface area contributed by atoms with Gasteiger partial charge in [-0.2, -0.15) is 17.5 Å². The second-order valence-electron chi connectivity index (χ2n) is 5.08. The smallest absolute Gasteiger partial charge is 0.417 e. The van der Waals surface area contributed by atoms with E-state index in [1.807, 2.05) is 0 Å². The molecule has 0 aromatic heterocycles. The van der Waals surface area contributed by atoms with Gasteiger partial charge in [-0.1, -0.05) is 17.7 Å². The summed E-state index contributed by atoms with van der Waals surface area (Å²) in [5.74, 6) is -1.39. The van der Waals surface area contributed by atoms with Crippen molar-refractivity contribution in [1.82, 2.24) is 4.31 Å². The van der Waals surface area contributed by atoms with Gasteiger partial charge in [0.1, 0.15) is 10.9 Å². The first-order chi connectivity index (χ1) is 10.6. The van der Waals surface area contributed by atoms with E-state index in [-0.39, 0.29) is 13.0 Å². The quantitative estimate of drug-likeness (QED) is 0.886. The first-order valence-electron chi connectivity index (χ1n) is 6.67. The van der Waals surface area contributed by atoms with Gasteiger partial charge in [-0.25, -0.2) is 8.42 Å². The van der Waals surface area contributed by atoms with Crippen LogP contribution in [-0.4, -0.2) is 36.4 Å². The molecule has 0 amide bonds. The van der Waals surface area contributed by atoms with Gasteiger partial charge in [0.15, 0.2) is 0 Å². The molecular formula is C13H13ClF3NO4S.